The quantitative estimate of drug-likeness (QED) is 0.435. The van der Waals surface area contributed by atoms with Crippen molar-refractivity contribution in [2.75, 3.05) is 0 Å². The number of carbonyl (C=O) groups is 1. The van der Waals surface area contributed by atoms with E-state index in [0.29, 0.717) is 33.4 Å². The van der Waals surface area contributed by atoms with E-state index in [1.54, 1.807) is 54.6 Å². The Bertz CT molecular complexity index is 1270. The number of nitrogens with two attached hydrogens (primary N) is 1. The molecule has 0 fully saturated rings. The molecule has 4 aromatic rings. The van der Waals surface area contributed by atoms with Gasteiger partial charge in [0.15, 0.2) is 0 Å². The number of aliphatic carboxylic acids is 1. The van der Waals surface area contributed by atoms with Crippen molar-refractivity contribution in [3.63, 3.8) is 0 Å². The van der Waals surface area contributed by atoms with Crippen LogP contribution in [0.5, 0.6) is 5.75 Å². The summed E-state index contributed by atoms with van der Waals surface area (Å²) in [6.07, 6.45) is -0.176. The Morgan fingerprint density at radius 2 is 1.77 bits per heavy atom. The highest BCUT2D eigenvalue weighted by molar-refractivity contribution is 5.93. The van der Waals surface area contributed by atoms with E-state index in [2.05, 4.69) is 0 Å². The largest absolute Gasteiger partial charge is 0.489 e. The van der Waals surface area contributed by atoms with E-state index in [1.165, 1.54) is 6.07 Å². The molecular weight excluding hydrogens is 404 g/mol. The van der Waals surface area contributed by atoms with Gasteiger partial charge in [0.1, 0.15) is 23.8 Å². The van der Waals surface area contributed by atoms with Gasteiger partial charge in [0.2, 0.25) is 0 Å². The van der Waals surface area contributed by atoms with Crippen molar-refractivity contribution in [3.8, 4) is 16.9 Å². The van der Waals surface area contributed by atoms with Crippen LogP contribution in [-0.2, 0) is 24.4 Å². The Morgan fingerprint density at radius 1 is 1.00 bits per heavy atom. The molecule has 31 heavy (non-hydrogen) atoms. The molecule has 0 saturated heterocycles. The number of fused-ring (bicyclic) bond motifs is 1. The van der Waals surface area contributed by atoms with Crippen molar-refractivity contribution in [2.24, 2.45) is 5.73 Å². The first-order chi connectivity index (χ1) is 15.0. The van der Waals surface area contributed by atoms with Crippen LogP contribution in [0.3, 0.4) is 0 Å². The lowest BCUT2D eigenvalue weighted by molar-refractivity contribution is -0.136. The highest BCUT2D eigenvalue weighted by Gasteiger charge is 2.17. The fraction of sp³-hybridized carbons (Fsp3) is 0.125. The summed E-state index contributed by atoms with van der Waals surface area (Å²) in [4.78, 5) is 11.1. The van der Waals surface area contributed by atoms with Gasteiger partial charge in [0.05, 0.1) is 6.42 Å². The lowest BCUT2D eigenvalue weighted by Gasteiger charge is -2.13. The molecule has 3 N–H and O–H groups in total. The number of benzene rings is 3. The molecule has 0 amide bonds. The number of furan rings is 1. The number of carboxylic acid groups (broad SMARTS) is 1. The van der Waals surface area contributed by atoms with Gasteiger partial charge in [-0.15, -0.1) is 0 Å². The summed E-state index contributed by atoms with van der Waals surface area (Å²) < 4.78 is 39.8. The Kier molecular flexibility index (Phi) is 5.68. The van der Waals surface area contributed by atoms with E-state index >= 15 is 0 Å². The highest BCUT2D eigenvalue weighted by Crippen LogP contribution is 2.35. The van der Waals surface area contributed by atoms with Crippen LogP contribution < -0.4 is 10.5 Å². The topological polar surface area (TPSA) is 85.7 Å². The van der Waals surface area contributed by atoms with Gasteiger partial charge in [-0.2, -0.15) is 4.39 Å². The number of carboxylic acids is 1. The molecule has 7 heteroatoms. The summed E-state index contributed by atoms with van der Waals surface area (Å²) in [5.41, 5.74) is 7.98. The van der Waals surface area contributed by atoms with E-state index in [0.717, 1.165) is 0 Å². The molecule has 158 valence electrons. The van der Waals surface area contributed by atoms with Gasteiger partial charge in [-0.1, -0.05) is 36.4 Å². The molecule has 1 aromatic heterocycles. The normalized spacial score (nSPS) is 11.1. The maximum atomic E-state index is 14.9. The zero-order chi connectivity index (χ0) is 22.0. The maximum absolute atomic E-state index is 14.9. The fourth-order valence-electron chi connectivity index (χ4n) is 3.53. The fourth-order valence-corrected chi connectivity index (χ4v) is 3.53. The number of halogens is 2. The summed E-state index contributed by atoms with van der Waals surface area (Å²) in [6, 6.07) is 15.5. The van der Waals surface area contributed by atoms with Gasteiger partial charge < -0.3 is 20.0 Å². The van der Waals surface area contributed by atoms with Gasteiger partial charge in [0, 0.05) is 40.3 Å². The molecule has 0 bridgehead atoms. The summed E-state index contributed by atoms with van der Waals surface area (Å²) >= 11 is 0. The van der Waals surface area contributed by atoms with Crippen molar-refractivity contribution in [1.82, 2.24) is 0 Å². The molecular formula is C24H19F2NO4. The summed E-state index contributed by atoms with van der Waals surface area (Å²) in [5, 5.41) is 9.55. The molecule has 0 aliphatic carbocycles. The molecule has 0 radical (unpaired) electrons. The molecule has 3 aromatic carbocycles. The number of hydrogen-bond donors (Lipinski definition) is 2. The van der Waals surface area contributed by atoms with Crippen LogP contribution in [0.15, 0.2) is 65.1 Å². The second-order valence-corrected chi connectivity index (χ2v) is 7.06. The first kappa shape index (κ1) is 20.6. The number of para-hydroxylation sites is 1. The summed E-state index contributed by atoms with van der Waals surface area (Å²) in [6.45, 7) is 0.100. The number of ether oxygens (including phenoxy) is 1. The van der Waals surface area contributed by atoms with Crippen molar-refractivity contribution in [3.05, 3.63) is 89.2 Å². The first-order valence-corrected chi connectivity index (χ1v) is 9.58. The molecule has 0 atom stereocenters. The SMILES string of the molecule is NCc1cccc(-c2cc(COc3ccccc3CC(=O)O)cc3cc(F)oc23)c1F. The molecule has 0 unspecified atom stereocenters. The second kappa shape index (κ2) is 8.57. The molecule has 1 heterocycles. The molecule has 0 saturated carbocycles. The average molecular weight is 423 g/mol. The van der Waals surface area contributed by atoms with Gasteiger partial charge in [0.25, 0.3) is 6.01 Å². The van der Waals surface area contributed by atoms with Crippen LogP contribution in [-0.4, -0.2) is 11.1 Å². The molecule has 4 rings (SSSR count). The van der Waals surface area contributed by atoms with Crippen LogP contribution in [0.2, 0.25) is 0 Å². The third kappa shape index (κ3) is 4.27. The molecule has 0 spiro atoms. The van der Waals surface area contributed by atoms with Gasteiger partial charge in [-0.25, -0.2) is 4.39 Å². The van der Waals surface area contributed by atoms with Crippen molar-refractivity contribution in [2.45, 2.75) is 19.6 Å². The van der Waals surface area contributed by atoms with Crippen molar-refractivity contribution >= 4 is 16.9 Å². The lowest BCUT2D eigenvalue weighted by Crippen LogP contribution is -2.04. The standard InChI is InChI=1S/C24H19F2NO4/c25-21-10-17-8-14(13-30-20-7-2-1-4-15(20)11-22(28)29)9-19(24(17)31-21)18-6-3-5-16(12-27)23(18)26/h1-10H,11-13,27H2,(H,28,29). The van der Waals surface area contributed by atoms with Crippen LogP contribution in [0.1, 0.15) is 16.7 Å². The Labute approximate surface area is 176 Å². The predicted molar refractivity (Wildman–Crippen MR) is 112 cm³/mol. The van der Waals surface area contributed by atoms with E-state index in [1.807, 2.05) is 0 Å². The first-order valence-electron chi connectivity index (χ1n) is 9.58. The zero-order valence-corrected chi connectivity index (χ0v) is 16.4. The van der Waals surface area contributed by atoms with Crippen molar-refractivity contribution in [1.29, 1.82) is 0 Å². The Morgan fingerprint density at radius 3 is 2.55 bits per heavy atom. The summed E-state index contributed by atoms with van der Waals surface area (Å²) in [7, 11) is 0. The van der Waals surface area contributed by atoms with Crippen LogP contribution >= 0.6 is 0 Å². The smallest absolute Gasteiger partial charge is 0.307 e. The Hall–Kier alpha value is -3.71. The minimum absolute atomic E-state index is 0.0263. The van der Waals surface area contributed by atoms with E-state index in [4.69, 9.17) is 20.0 Å². The number of hydrogen-bond acceptors (Lipinski definition) is 4. The van der Waals surface area contributed by atoms with E-state index in [9.17, 15) is 13.6 Å². The lowest BCUT2D eigenvalue weighted by atomic mass is 9.98. The summed E-state index contributed by atoms with van der Waals surface area (Å²) in [5.74, 6) is -1.03. The third-order valence-corrected chi connectivity index (χ3v) is 4.94. The minimum atomic E-state index is -0.969. The molecule has 0 aliphatic heterocycles. The van der Waals surface area contributed by atoms with Crippen LogP contribution in [0.25, 0.3) is 22.1 Å². The van der Waals surface area contributed by atoms with Gasteiger partial charge >= 0.3 is 5.97 Å². The Balaban J connectivity index is 1.73. The molecule has 0 aliphatic rings. The van der Waals surface area contributed by atoms with Gasteiger partial charge in [-0.3, -0.25) is 4.79 Å². The van der Waals surface area contributed by atoms with Crippen molar-refractivity contribution < 1.29 is 27.8 Å². The van der Waals surface area contributed by atoms with Crippen LogP contribution in [0, 0.1) is 11.8 Å². The number of rotatable bonds is 7. The average Bonchev–Trinajstić information content (AvgIpc) is 3.12. The van der Waals surface area contributed by atoms with Gasteiger partial charge in [-0.05, 0) is 23.8 Å². The zero-order valence-electron chi connectivity index (χ0n) is 16.4. The predicted octanol–water partition coefficient (Wildman–Crippen LogP) is 5.04. The monoisotopic (exact) mass is 423 g/mol. The highest BCUT2D eigenvalue weighted by atomic mass is 19.1. The second-order valence-electron chi connectivity index (χ2n) is 7.06. The maximum Gasteiger partial charge on any atom is 0.307 e. The van der Waals surface area contributed by atoms with E-state index in [-0.39, 0.29) is 30.7 Å². The third-order valence-electron chi connectivity index (χ3n) is 4.94. The van der Waals surface area contributed by atoms with E-state index < -0.39 is 17.8 Å². The van der Waals surface area contributed by atoms with Crippen LogP contribution in [0.4, 0.5) is 8.78 Å². The molecule has 5 nitrogen and oxygen atoms in total. The minimum Gasteiger partial charge on any atom is -0.489 e.